The lowest BCUT2D eigenvalue weighted by Crippen LogP contribution is -2.58. The topological polar surface area (TPSA) is 117 Å². The van der Waals surface area contributed by atoms with Crippen LogP contribution in [-0.4, -0.2) is 55.8 Å². The van der Waals surface area contributed by atoms with Crippen molar-refractivity contribution in [3.63, 3.8) is 0 Å². The first-order valence-electron chi connectivity index (χ1n) is 13.6. The third-order valence-corrected chi connectivity index (χ3v) is 8.19. The molecule has 9 nitrogen and oxygen atoms in total. The Morgan fingerprint density at radius 1 is 1.12 bits per heavy atom. The van der Waals surface area contributed by atoms with Gasteiger partial charge in [0.05, 0.1) is 35.9 Å². The van der Waals surface area contributed by atoms with Gasteiger partial charge in [0.15, 0.2) is 5.82 Å². The molecule has 1 aliphatic heterocycles. The monoisotopic (exact) mass is 566 g/mol. The number of halogens is 3. The number of aryl methyl sites for hydroxylation is 1. The van der Waals surface area contributed by atoms with E-state index in [-0.39, 0.29) is 34.0 Å². The highest BCUT2D eigenvalue weighted by Crippen LogP contribution is 2.38. The molecule has 1 atom stereocenters. The van der Waals surface area contributed by atoms with E-state index in [1.807, 2.05) is 0 Å². The number of alkyl halides is 2. The van der Waals surface area contributed by atoms with E-state index in [0.717, 1.165) is 30.6 Å². The van der Waals surface area contributed by atoms with E-state index in [0.29, 0.717) is 28.5 Å². The first-order valence-corrected chi connectivity index (χ1v) is 13.6. The largest absolute Gasteiger partial charge is 0.364 e. The summed E-state index contributed by atoms with van der Waals surface area (Å²) in [6, 6.07) is 4.04. The summed E-state index contributed by atoms with van der Waals surface area (Å²) < 4.78 is 47.8. The third kappa shape index (κ3) is 5.07. The van der Waals surface area contributed by atoms with Crippen LogP contribution in [0.25, 0.3) is 22.2 Å². The number of benzene rings is 1. The molecule has 0 spiro atoms. The van der Waals surface area contributed by atoms with E-state index in [4.69, 9.17) is 4.52 Å². The molecule has 0 bridgehead atoms. The summed E-state index contributed by atoms with van der Waals surface area (Å²) in [4.78, 5) is 39.0. The normalized spacial score (nSPS) is 21.0. The number of nitrogens with one attached hydrogen (secondary N) is 2. The fourth-order valence-electron chi connectivity index (χ4n) is 5.80. The number of aromatic amines is 1. The van der Waals surface area contributed by atoms with E-state index in [2.05, 4.69) is 32.3 Å². The number of nitrogens with zero attached hydrogens (tertiary/aromatic N) is 4. The summed E-state index contributed by atoms with van der Waals surface area (Å²) >= 11 is 0. The van der Waals surface area contributed by atoms with Crippen molar-refractivity contribution < 1.29 is 27.3 Å². The Kier molecular flexibility index (Phi) is 6.79. The number of aromatic nitrogens is 4. The Bertz CT molecular complexity index is 1620. The third-order valence-electron chi connectivity index (χ3n) is 8.19. The van der Waals surface area contributed by atoms with E-state index >= 15 is 4.39 Å². The average molecular weight is 567 g/mol. The fraction of sp³-hybridized carbons (Fsp3) is 0.414. The standard InChI is InChI=1S/C29H29F3N6O3/c1-15-3-5-17(6-4-15)24(36-27(39)21-12-41-37-16(21)2)26-34-22-8-7-18(23(30)25(22)35-26)20-11-33-10-9-19(20)28(40)38-13-29(31,32)14-38/h7-12,15,17,24H,3-6,13-14H2,1-2H3,(H,34,35)(H,36,39)/t15-,17-,24-/m0/s1. The van der Waals surface area contributed by atoms with Crippen LogP contribution in [0.3, 0.4) is 0 Å². The summed E-state index contributed by atoms with van der Waals surface area (Å²) in [5.41, 5.74) is 1.58. The van der Waals surface area contributed by atoms with Crippen molar-refractivity contribution in [1.29, 1.82) is 0 Å². The Hall–Kier alpha value is -4.22. The molecule has 4 heterocycles. The van der Waals surface area contributed by atoms with E-state index in [1.165, 1.54) is 30.8 Å². The maximum Gasteiger partial charge on any atom is 0.282 e. The number of pyridine rings is 1. The number of amides is 2. The molecule has 2 fully saturated rings. The molecule has 1 saturated heterocycles. The summed E-state index contributed by atoms with van der Waals surface area (Å²) in [6.45, 7) is 2.52. The second kappa shape index (κ2) is 10.3. The minimum atomic E-state index is -2.92. The molecule has 1 saturated carbocycles. The van der Waals surface area contributed by atoms with Crippen LogP contribution >= 0.6 is 0 Å². The first-order chi connectivity index (χ1) is 19.6. The number of hydrogen-bond acceptors (Lipinski definition) is 6. The van der Waals surface area contributed by atoms with Crippen molar-refractivity contribution in [3.05, 3.63) is 65.3 Å². The lowest BCUT2D eigenvalue weighted by molar-refractivity contribution is -0.113. The number of H-pyrrole nitrogens is 1. The molecular weight excluding hydrogens is 537 g/mol. The Labute approximate surface area is 233 Å². The van der Waals surface area contributed by atoms with Crippen molar-refractivity contribution in [2.75, 3.05) is 13.1 Å². The van der Waals surface area contributed by atoms with Gasteiger partial charge in [0, 0.05) is 23.5 Å². The van der Waals surface area contributed by atoms with E-state index < -0.39 is 36.8 Å². The van der Waals surface area contributed by atoms with Gasteiger partial charge in [-0.2, -0.15) is 0 Å². The molecule has 0 radical (unpaired) electrons. The molecule has 1 aromatic carbocycles. The predicted molar refractivity (Wildman–Crippen MR) is 143 cm³/mol. The van der Waals surface area contributed by atoms with Gasteiger partial charge in [-0.1, -0.05) is 24.9 Å². The van der Waals surface area contributed by atoms with Crippen LogP contribution in [0.4, 0.5) is 13.2 Å². The highest BCUT2D eigenvalue weighted by Gasteiger charge is 2.46. The molecule has 6 rings (SSSR count). The summed E-state index contributed by atoms with van der Waals surface area (Å²) in [5.74, 6) is -3.50. The Morgan fingerprint density at radius 2 is 1.88 bits per heavy atom. The van der Waals surface area contributed by atoms with Crippen LogP contribution in [0.5, 0.6) is 0 Å². The minimum absolute atomic E-state index is 0.0415. The Morgan fingerprint density at radius 3 is 2.56 bits per heavy atom. The molecule has 214 valence electrons. The number of imidazole rings is 1. The quantitative estimate of drug-likeness (QED) is 0.321. The molecule has 3 aromatic heterocycles. The summed E-state index contributed by atoms with van der Waals surface area (Å²) in [5, 5.41) is 6.86. The van der Waals surface area contributed by atoms with E-state index in [9.17, 15) is 18.4 Å². The van der Waals surface area contributed by atoms with E-state index in [1.54, 1.807) is 13.0 Å². The van der Waals surface area contributed by atoms with Crippen LogP contribution in [-0.2, 0) is 0 Å². The number of carbonyl (C=O) groups excluding carboxylic acids is 2. The summed E-state index contributed by atoms with van der Waals surface area (Å²) in [6.07, 6.45) is 7.76. The molecule has 12 heteroatoms. The number of carbonyl (C=O) groups is 2. The number of hydrogen-bond donors (Lipinski definition) is 2. The molecular formula is C29H29F3N6O3. The zero-order chi connectivity index (χ0) is 28.9. The molecule has 2 N–H and O–H groups in total. The maximum atomic E-state index is 16.1. The predicted octanol–water partition coefficient (Wildman–Crippen LogP) is 5.45. The zero-order valence-corrected chi connectivity index (χ0v) is 22.6. The zero-order valence-electron chi connectivity index (χ0n) is 22.6. The van der Waals surface area contributed by atoms with Crippen LogP contribution in [0.1, 0.15) is 70.9 Å². The first kappa shape index (κ1) is 27.0. The molecule has 2 aliphatic rings. The van der Waals surface area contributed by atoms with Crippen molar-refractivity contribution >= 4 is 22.8 Å². The number of rotatable bonds is 6. The van der Waals surface area contributed by atoms with Gasteiger partial charge in [-0.25, -0.2) is 18.2 Å². The van der Waals surface area contributed by atoms with Crippen molar-refractivity contribution in [2.24, 2.45) is 11.8 Å². The van der Waals surface area contributed by atoms with Crippen molar-refractivity contribution in [1.82, 2.24) is 30.3 Å². The van der Waals surface area contributed by atoms with Gasteiger partial charge in [0.2, 0.25) is 0 Å². The minimum Gasteiger partial charge on any atom is -0.364 e. The van der Waals surface area contributed by atoms with Gasteiger partial charge in [0.25, 0.3) is 17.7 Å². The summed E-state index contributed by atoms with van der Waals surface area (Å²) in [7, 11) is 0. The molecule has 4 aromatic rings. The molecule has 2 amide bonds. The smallest absolute Gasteiger partial charge is 0.282 e. The van der Waals surface area contributed by atoms with Gasteiger partial charge in [-0.3, -0.25) is 14.6 Å². The van der Waals surface area contributed by atoms with Crippen LogP contribution in [0, 0.1) is 24.6 Å². The van der Waals surface area contributed by atoms with Gasteiger partial charge in [-0.05, 0) is 49.8 Å². The Balaban J connectivity index is 1.35. The SMILES string of the molecule is Cc1nocc1C(=O)N[C@H](c1nc2c(F)c(-c3cnccc3C(=O)N3CC(F)(F)C3)ccc2[nH]1)[C@H]1CC[C@H](C)CC1. The van der Waals surface area contributed by atoms with Crippen molar-refractivity contribution in [3.8, 4) is 11.1 Å². The molecule has 1 aliphatic carbocycles. The second-order valence-electron chi connectivity index (χ2n) is 11.2. The van der Waals surface area contributed by atoms with Crippen LogP contribution < -0.4 is 5.32 Å². The fourth-order valence-corrected chi connectivity index (χ4v) is 5.80. The van der Waals surface area contributed by atoms with Gasteiger partial charge in [-0.15, -0.1) is 0 Å². The number of fused-ring (bicyclic) bond motifs is 1. The van der Waals surface area contributed by atoms with Crippen LogP contribution in [0.15, 0.2) is 41.4 Å². The van der Waals surface area contributed by atoms with Gasteiger partial charge in [0.1, 0.15) is 23.2 Å². The lowest BCUT2D eigenvalue weighted by atomic mass is 9.79. The lowest BCUT2D eigenvalue weighted by Gasteiger charge is -2.38. The molecule has 41 heavy (non-hydrogen) atoms. The molecule has 0 unspecified atom stereocenters. The second-order valence-corrected chi connectivity index (χ2v) is 11.2. The average Bonchev–Trinajstić information content (AvgIpc) is 3.57. The highest BCUT2D eigenvalue weighted by molar-refractivity contribution is 6.02. The van der Waals surface area contributed by atoms with Crippen LogP contribution in [0.2, 0.25) is 0 Å². The number of likely N-dealkylation sites (tertiary alicyclic amines) is 1. The van der Waals surface area contributed by atoms with Gasteiger partial charge >= 0.3 is 0 Å². The maximum absolute atomic E-state index is 16.1. The van der Waals surface area contributed by atoms with Crippen molar-refractivity contribution in [2.45, 2.75) is 51.5 Å². The van der Waals surface area contributed by atoms with Gasteiger partial charge < -0.3 is 19.7 Å². The highest BCUT2D eigenvalue weighted by atomic mass is 19.3.